The molecule has 1 unspecified atom stereocenters. The number of nitrogens with zero attached hydrogens (tertiary/aromatic N) is 1. The molecule has 0 radical (unpaired) electrons. The second kappa shape index (κ2) is 11.2. The molecule has 2 amide bonds. The van der Waals surface area contributed by atoms with Crippen LogP contribution >= 0.6 is 0 Å². The fourth-order valence-corrected chi connectivity index (χ4v) is 3.38. The molecule has 9 nitrogen and oxygen atoms in total. The predicted molar refractivity (Wildman–Crippen MR) is 128 cm³/mol. The summed E-state index contributed by atoms with van der Waals surface area (Å²) < 4.78 is 16.0. The fraction of sp³-hybridized carbons (Fsp3) is 0.320. The van der Waals surface area contributed by atoms with E-state index in [0.717, 1.165) is 0 Å². The summed E-state index contributed by atoms with van der Waals surface area (Å²) in [5.41, 5.74) is 4.09. The molecule has 34 heavy (non-hydrogen) atoms. The molecule has 0 saturated heterocycles. The van der Waals surface area contributed by atoms with Crippen molar-refractivity contribution in [2.75, 3.05) is 13.4 Å². The van der Waals surface area contributed by atoms with E-state index in [1.54, 1.807) is 36.4 Å². The molecule has 0 aromatic heterocycles. The van der Waals surface area contributed by atoms with Crippen molar-refractivity contribution in [3.8, 4) is 23.0 Å². The lowest BCUT2D eigenvalue weighted by atomic mass is 10.0. The van der Waals surface area contributed by atoms with Crippen LogP contribution in [0, 0.1) is 5.92 Å². The molecule has 1 aliphatic rings. The van der Waals surface area contributed by atoms with Gasteiger partial charge in [0.05, 0.1) is 12.8 Å². The summed E-state index contributed by atoms with van der Waals surface area (Å²) in [6, 6.07) is 7.38. The van der Waals surface area contributed by atoms with E-state index in [9.17, 15) is 14.7 Å². The number of phenols is 1. The number of allylic oxidation sites excluding steroid dienone is 1. The number of hydrogen-bond donors (Lipinski definition) is 3. The highest BCUT2D eigenvalue weighted by atomic mass is 16.7. The summed E-state index contributed by atoms with van der Waals surface area (Å²) in [5.74, 6) is 0.367. The van der Waals surface area contributed by atoms with E-state index >= 15 is 0 Å². The SMILES string of the molecule is C=CCc1cc(C=NNC(=O)C(NC(=O)c2ccc3c(c2)OCO3)C(C)C)cc(OCC)c1O. The minimum atomic E-state index is -0.815. The minimum absolute atomic E-state index is 0.0500. The van der Waals surface area contributed by atoms with Gasteiger partial charge in [0.25, 0.3) is 11.8 Å². The number of rotatable bonds is 10. The second-order valence-electron chi connectivity index (χ2n) is 7.95. The van der Waals surface area contributed by atoms with Gasteiger partial charge in [0.15, 0.2) is 23.0 Å². The van der Waals surface area contributed by atoms with Crippen LogP contribution in [0.5, 0.6) is 23.0 Å². The Morgan fingerprint density at radius 1 is 1.24 bits per heavy atom. The van der Waals surface area contributed by atoms with Crippen LogP contribution < -0.4 is 25.0 Å². The third kappa shape index (κ3) is 5.86. The first-order valence-electron chi connectivity index (χ1n) is 11.0. The molecule has 2 aromatic rings. The largest absolute Gasteiger partial charge is 0.504 e. The van der Waals surface area contributed by atoms with Crippen molar-refractivity contribution in [2.24, 2.45) is 11.0 Å². The lowest BCUT2D eigenvalue weighted by Crippen LogP contribution is -2.48. The summed E-state index contributed by atoms with van der Waals surface area (Å²) in [6.07, 6.45) is 3.56. The quantitative estimate of drug-likeness (QED) is 0.281. The normalized spacial score (nSPS) is 13.1. The highest BCUT2D eigenvalue weighted by molar-refractivity contribution is 5.98. The van der Waals surface area contributed by atoms with Gasteiger partial charge in [0.2, 0.25) is 6.79 Å². The van der Waals surface area contributed by atoms with Crippen molar-refractivity contribution in [2.45, 2.75) is 33.2 Å². The molecule has 0 bridgehead atoms. The van der Waals surface area contributed by atoms with Crippen molar-refractivity contribution in [3.05, 3.63) is 59.7 Å². The number of carbonyl (C=O) groups is 2. The number of phenolic OH excluding ortho intramolecular Hbond substituents is 1. The number of carbonyl (C=O) groups excluding carboxylic acids is 2. The summed E-state index contributed by atoms with van der Waals surface area (Å²) in [5, 5.41) is 17.1. The number of aromatic hydroxyl groups is 1. The highest BCUT2D eigenvalue weighted by Gasteiger charge is 2.25. The molecule has 0 aliphatic carbocycles. The number of fused-ring (bicyclic) bond motifs is 1. The van der Waals surface area contributed by atoms with Gasteiger partial charge in [-0.25, -0.2) is 5.43 Å². The number of amides is 2. The van der Waals surface area contributed by atoms with Crippen molar-refractivity contribution < 1.29 is 28.9 Å². The van der Waals surface area contributed by atoms with Crippen molar-refractivity contribution in [3.63, 3.8) is 0 Å². The van der Waals surface area contributed by atoms with Gasteiger partial charge in [-0.15, -0.1) is 6.58 Å². The third-order valence-electron chi connectivity index (χ3n) is 5.10. The number of hydrazone groups is 1. The smallest absolute Gasteiger partial charge is 0.262 e. The Labute approximate surface area is 198 Å². The van der Waals surface area contributed by atoms with Gasteiger partial charge in [0.1, 0.15) is 6.04 Å². The molecule has 180 valence electrons. The van der Waals surface area contributed by atoms with E-state index < -0.39 is 17.9 Å². The zero-order valence-corrected chi connectivity index (χ0v) is 19.5. The number of benzene rings is 2. The molecule has 3 N–H and O–H groups in total. The number of hydrogen-bond acceptors (Lipinski definition) is 7. The van der Waals surface area contributed by atoms with Crippen LogP contribution in [-0.4, -0.2) is 42.6 Å². The van der Waals surface area contributed by atoms with Gasteiger partial charge in [-0.3, -0.25) is 9.59 Å². The third-order valence-corrected chi connectivity index (χ3v) is 5.10. The van der Waals surface area contributed by atoms with Gasteiger partial charge >= 0.3 is 0 Å². The lowest BCUT2D eigenvalue weighted by Gasteiger charge is -2.20. The standard InChI is InChI=1S/C25H29N3O6/c1-5-7-17-10-16(11-21(23(17)29)32-6-2)13-26-28-25(31)22(15(3)4)27-24(30)18-8-9-19-20(12-18)34-14-33-19/h5,8-13,15,22,29H,1,6-7,14H2,2-4H3,(H,27,30)(H,28,31). The van der Waals surface area contributed by atoms with Crippen LogP contribution in [0.25, 0.3) is 0 Å². The van der Waals surface area contributed by atoms with Crippen molar-refractivity contribution >= 4 is 18.0 Å². The molecule has 0 spiro atoms. The minimum Gasteiger partial charge on any atom is -0.504 e. The predicted octanol–water partition coefficient (Wildman–Crippen LogP) is 3.15. The molecule has 1 aliphatic heterocycles. The van der Waals surface area contributed by atoms with Gasteiger partial charge in [-0.1, -0.05) is 19.9 Å². The van der Waals surface area contributed by atoms with Crippen LogP contribution in [0.4, 0.5) is 0 Å². The molecule has 1 atom stereocenters. The maximum absolute atomic E-state index is 12.8. The van der Waals surface area contributed by atoms with E-state index in [2.05, 4.69) is 22.4 Å². The van der Waals surface area contributed by atoms with Gasteiger partial charge in [0, 0.05) is 11.1 Å². The maximum Gasteiger partial charge on any atom is 0.262 e. The van der Waals surface area contributed by atoms with E-state index in [4.69, 9.17) is 14.2 Å². The van der Waals surface area contributed by atoms with Gasteiger partial charge in [-0.05, 0) is 55.2 Å². The number of ether oxygens (including phenoxy) is 3. The first kappa shape index (κ1) is 24.6. The average Bonchev–Trinajstić information content (AvgIpc) is 3.28. The molecular weight excluding hydrogens is 438 g/mol. The maximum atomic E-state index is 12.8. The van der Waals surface area contributed by atoms with Crippen molar-refractivity contribution in [1.82, 2.24) is 10.7 Å². The Kier molecular flexibility index (Phi) is 8.13. The summed E-state index contributed by atoms with van der Waals surface area (Å²) >= 11 is 0. The zero-order valence-electron chi connectivity index (χ0n) is 19.5. The van der Waals surface area contributed by atoms with Crippen LogP contribution in [0.15, 0.2) is 48.1 Å². The molecule has 3 rings (SSSR count). The molecule has 2 aromatic carbocycles. The zero-order chi connectivity index (χ0) is 24.7. The molecule has 1 heterocycles. The Morgan fingerprint density at radius 2 is 2.00 bits per heavy atom. The van der Waals surface area contributed by atoms with Crippen LogP contribution in [0.2, 0.25) is 0 Å². The Bertz CT molecular complexity index is 1100. The van der Waals surface area contributed by atoms with Crippen LogP contribution in [0.1, 0.15) is 42.3 Å². The molecule has 9 heteroatoms. The molecule has 0 fully saturated rings. The Balaban J connectivity index is 1.69. The first-order valence-corrected chi connectivity index (χ1v) is 11.0. The fourth-order valence-electron chi connectivity index (χ4n) is 3.38. The van der Waals surface area contributed by atoms with E-state index in [0.29, 0.717) is 47.0 Å². The van der Waals surface area contributed by atoms with E-state index in [1.165, 1.54) is 6.21 Å². The van der Waals surface area contributed by atoms with Crippen molar-refractivity contribution in [1.29, 1.82) is 0 Å². The van der Waals surface area contributed by atoms with E-state index in [-0.39, 0.29) is 18.5 Å². The average molecular weight is 468 g/mol. The Hall–Kier alpha value is -4.01. The Morgan fingerprint density at radius 3 is 2.71 bits per heavy atom. The lowest BCUT2D eigenvalue weighted by molar-refractivity contribution is -0.123. The first-order chi connectivity index (χ1) is 16.3. The summed E-state index contributed by atoms with van der Waals surface area (Å²) in [6.45, 7) is 9.65. The monoisotopic (exact) mass is 467 g/mol. The van der Waals surface area contributed by atoms with Gasteiger partial charge < -0.3 is 24.6 Å². The molecule has 0 saturated carbocycles. The summed E-state index contributed by atoms with van der Waals surface area (Å²) in [7, 11) is 0. The van der Waals surface area contributed by atoms with Gasteiger partial charge in [-0.2, -0.15) is 5.10 Å². The van der Waals surface area contributed by atoms with E-state index in [1.807, 2.05) is 20.8 Å². The molecular formula is C25H29N3O6. The number of nitrogens with one attached hydrogen (secondary N) is 2. The highest BCUT2D eigenvalue weighted by Crippen LogP contribution is 2.33. The topological polar surface area (TPSA) is 118 Å². The van der Waals surface area contributed by atoms with Crippen LogP contribution in [-0.2, 0) is 11.2 Å². The summed E-state index contributed by atoms with van der Waals surface area (Å²) in [4.78, 5) is 25.5. The van der Waals surface area contributed by atoms with Crippen LogP contribution in [0.3, 0.4) is 0 Å². The second-order valence-corrected chi connectivity index (χ2v) is 7.95.